The fraction of sp³-hybridized carbons (Fsp3) is 0.200. The maximum Gasteiger partial charge on any atom is 0.251 e. The lowest BCUT2D eigenvalue weighted by Gasteiger charge is -2.35. The predicted octanol–water partition coefficient (Wildman–Crippen LogP) is 3.47. The van der Waals surface area contributed by atoms with Crippen molar-refractivity contribution >= 4 is 23.2 Å². The van der Waals surface area contributed by atoms with Crippen LogP contribution >= 0.6 is 0 Å². The topological polar surface area (TPSA) is 49.4 Å². The average molecular weight is 320 g/mol. The Kier molecular flexibility index (Phi) is 4.47. The van der Waals surface area contributed by atoms with Crippen molar-refractivity contribution in [3.63, 3.8) is 0 Å². The molecule has 0 aromatic heterocycles. The second kappa shape index (κ2) is 6.71. The minimum atomic E-state index is -0.537. The molecule has 0 aliphatic carbocycles. The molecule has 0 saturated heterocycles. The van der Waals surface area contributed by atoms with Gasteiger partial charge in [0, 0.05) is 11.4 Å². The Morgan fingerprint density at radius 2 is 1.88 bits per heavy atom. The van der Waals surface area contributed by atoms with E-state index in [1.165, 1.54) is 6.08 Å². The van der Waals surface area contributed by atoms with Gasteiger partial charge in [0.1, 0.15) is 6.04 Å². The molecule has 0 saturated carbocycles. The number of hydrogen-bond donors (Lipinski definition) is 1. The van der Waals surface area contributed by atoms with Crippen molar-refractivity contribution in [2.45, 2.75) is 25.8 Å². The number of para-hydroxylation sites is 2. The molecule has 1 heterocycles. The molecule has 0 fully saturated rings. The summed E-state index contributed by atoms with van der Waals surface area (Å²) in [6.45, 7) is 5.52. The summed E-state index contributed by atoms with van der Waals surface area (Å²) in [5, 5.41) is 2.95. The number of amides is 2. The van der Waals surface area contributed by atoms with E-state index in [9.17, 15) is 9.59 Å². The molecule has 1 aliphatic heterocycles. The lowest BCUT2D eigenvalue weighted by Crippen LogP contribution is -2.49. The monoisotopic (exact) mass is 320 g/mol. The van der Waals surface area contributed by atoms with E-state index in [0.29, 0.717) is 6.42 Å². The maximum atomic E-state index is 12.8. The number of nitrogens with one attached hydrogen (secondary N) is 1. The van der Waals surface area contributed by atoms with Gasteiger partial charge in [-0.25, -0.2) is 0 Å². The Morgan fingerprint density at radius 1 is 1.17 bits per heavy atom. The van der Waals surface area contributed by atoms with Crippen molar-refractivity contribution in [3.8, 4) is 0 Å². The fourth-order valence-corrected chi connectivity index (χ4v) is 3.09. The van der Waals surface area contributed by atoms with Crippen LogP contribution in [0, 0.1) is 6.92 Å². The molecule has 4 nitrogen and oxygen atoms in total. The number of benzene rings is 2. The highest BCUT2D eigenvalue weighted by molar-refractivity contribution is 6.09. The molecule has 2 aromatic carbocycles. The average Bonchev–Trinajstić information content (AvgIpc) is 2.62. The third-order valence-electron chi connectivity index (χ3n) is 4.37. The van der Waals surface area contributed by atoms with Gasteiger partial charge in [-0.05, 0) is 49.1 Å². The molecule has 1 N–H and O–H groups in total. The number of rotatable bonds is 3. The van der Waals surface area contributed by atoms with Gasteiger partial charge in [-0.3, -0.25) is 14.5 Å². The molecule has 2 aromatic rings. The lowest BCUT2D eigenvalue weighted by atomic mass is 9.95. The molecular formula is C20H20N2O2. The number of nitrogens with zero attached hydrogens (tertiary/aromatic N) is 1. The predicted molar refractivity (Wildman–Crippen MR) is 96.0 cm³/mol. The van der Waals surface area contributed by atoms with E-state index in [4.69, 9.17) is 0 Å². The van der Waals surface area contributed by atoms with E-state index in [1.807, 2.05) is 55.5 Å². The largest absolute Gasteiger partial charge is 0.324 e. The van der Waals surface area contributed by atoms with Crippen LogP contribution < -0.4 is 10.2 Å². The first-order chi connectivity index (χ1) is 11.6. The second-order valence-corrected chi connectivity index (χ2v) is 5.90. The number of hydrogen-bond acceptors (Lipinski definition) is 2. The third-order valence-corrected chi connectivity index (χ3v) is 4.37. The molecular weight excluding hydrogens is 300 g/mol. The quantitative estimate of drug-likeness (QED) is 0.880. The molecule has 122 valence electrons. The summed E-state index contributed by atoms with van der Waals surface area (Å²) < 4.78 is 0. The van der Waals surface area contributed by atoms with Gasteiger partial charge < -0.3 is 5.32 Å². The van der Waals surface area contributed by atoms with Crippen molar-refractivity contribution in [1.29, 1.82) is 0 Å². The highest BCUT2D eigenvalue weighted by Gasteiger charge is 2.34. The van der Waals surface area contributed by atoms with Gasteiger partial charge in [0.05, 0.1) is 0 Å². The number of anilines is 2. The molecule has 24 heavy (non-hydrogen) atoms. The van der Waals surface area contributed by atoms with Crippen molar-refractivity contribution in [2.24, 2.45) is 0 Å². The van der Waals surface area contributed by atoms with Crippen molar-refractivity contribution in [3.05, 3.63) is 72.3 Å². The van der Waals surface area contributed by atoms with Crippen LogP contribution in [-0.2, 0) is 16.0 Å². The third kappa shape index (κ3) is 2.95. The SMILES string of the molecule is C=CC(=O)N1c2ccccc2CCC1C(=O)Nc1ccccc1C. The molecule has 4 heteroatoms. The van der Waals surface area contributed by atoms with Crippen molar-refractivity contribution in [1.82, 2.24) is 0 Å². The maximum absolute atomic E-state index is 12.8. The van der Waals surface area contributed by atoms with Crippen LogP contribution in [0.5, 0.6) is 0 Å². The standard InChI is InChI=1S/C20H20N2O2/c1-3-19(23)22-17-11-7-5-9-15(17)12-13-18(22)20(24)21-16-10-6-4-8-14(16)2/h3-11,18H,1,12-13H2,2H3,(H,21,24). The van der Waals surface area contributed by atoms with Gasteiger partial charge in [0.15, 0.2) is 0 Å². The van der Waals surface area contributed by atoms with E-state index in [-0.39, 0.29) is 11.8 Å². The summed E-state index contributed by atoms with van der Waals surface area (Å²) in [7, 11) is 0. The fourth-order valence-electron chi connectivity index (χ4n) is 3.09. The van der Waals surface area contributed by atoms with Crippen LogP contribution in [-0.4, -0.2) is 17.9 Å². The normalized spacial score (nSPS) is 16.2. The van der Waals surface area contributed by atoms with E-state index in [0.717, 1.165) is 28.9 Å². The van der Waals surface area contributed by atoms with Gasteiger partial charge in [0.25, 0.3) is 5.91 Å². The zero-order valence-corrected chi connectivity index (χ0v) is 13.7. The first kappa shape index (κ1) is 16.0. The van der Waals surface area contributed by atoms with Crippen molar-refractivity contribution < 1.29 is 9.59 Å². The molecule has 3 rings (SSSR count). The van der Waals surface area contributed by atoms with E-state index in [1.54, 1.807) is 4.90 Å². The first-order valence-corrected chi connectivity index (χ1v) is 8.02. The Bertz CT molecular complexity index is 798. The number of carbonyl (C=O) groups excluding carboxylic acids is 2. The van der Waals surface area contributed by atoms with Gasteiger partial charge in [-0.1, -0.05) is 43.0 Å². The Balaban J connectivity index is 1.91. The van der Waals surface area contributed by atoms with Gasteiger partial charge >= 0.3 is 0 Å². The van der Waals surface area contributed by atoms with Crippen molar-refractivity contribution in [2.75, 3.05) is 10.2 Å². The summed E-state index contributed by atoms with van der Waals surface area (Å²) in [6, 6.07) is 14.8. The zero-order chi connectivity index (χ0) is 17.1. The summed E-state index contributed by atoms with van der Waals surface area (Å²) in [6.07, 6.45) is 2.62. The highest BCUT2D eigenvalue weighted by Crippen LogP contribution is 2.31. The number of aryl methyl sites for hydroxylation is 2. The summed E-state index contributed by atoms with van der Waals surface area (Å²) in [5.74, 6) is -0.430. The molecule has 0 radical (unpaired) electrons. The molecule has 1 atom stereocenters. The summed E-state index contributed by atoms with van der Waals surface area (Å²) in [5.41, 5.74) is 3.63. The van der Waals surface area contributed by atoms with Gasteiger partial charge in [0.2, 0.25) is 5.91 Å². The van der Waals surface area contributed by atoms with Crippen LogP contribution in [0.1, 0.15) is 17.5 Å². The van der Waals surface area contributed by atoms with Gasteiger partial charge in [-0.15, -0.1) is 0 Å². The Morgan fingerprint density at radius 3 is 2.62 bits per heavy atom. The van der Waals surface area contributed by atoms with Crippen LogP contribution in [0.25, 0.3) is 0 Å². The molecule has 0 bridgehead atoms. The number of fused-ring (bicyclic) bond motifs is 1. The first-order valence-electron chi connectivity index (χ1n) is 8.02. The molecule has 1 aliphatic rings. The summed E-state index contributed by atoms with van der Waals surface area (Å²) >= 11 is 0. The minimum absolute atomic E-state index is 0.172. The number of carbonyl (C=O) groups is 2. The summed E-state index contributed by atoms with van der Waals surface area (Å²) in [4.78, 5) is 26.8. The highest BCUT2D eigenvalue weighted by atomic mass is 16.2. The van der Waals surface area contributed by atoms with Gasteiger partial charge in [-0.2, -0.15) is 0 Å². The van der Waals surface area contributed by atoms with Crippen LogP contribution in [0.3, 0.4) is 0 Å². The van der Waals surface area contributed by atoms with Crippen LogP contribution in [0.4, 0.5) is 11.4 Å². The van der Waals surface area contributed by atoms with E-state index in [2.05, 4.69) is 11.9 Å². The van der Waals surface area contributed by atoms with E-state index < -0.39 is 6.04 Å². The zero-order valence-electron chi connectivity index (χ0n) is 13.7. The van der Waals surface area contributed by atoms with Crippen LogP contribution in [0.15, 0.2) is 61.2 Å². The van der Waals surface area contributed by atoms with Crippen LogP contribution in [0.2, 0.25) is 0 Å². The molecule has 0 spiro atoms. The Labute approximate surface area is 141 Å². The molecule has 1 unspecified atom stereocenters. The minimum Gasteiger partial charge on any atom is -0.324 e. The second-order valence-electron chi connectivity index (χ2n) is 5.90. The smallest absolute Gasteiger partial charge is 0.251 e. The Hall–Kier alpha value is -2.88. The lowest BCUT2D eigenvalue weighted by molar-refractivity contribution is -0.121. The van der Waals surface area contributed by atoms with E-state index >= 15 is 0 Å². The molecule has 2 amide bonds.